The van der Waals surface area contributed by atoms with E-state index in [-0.39, 0.29) is 15.5 Å². The molecule has 0 aliphatic carbocycles. The first-order valence-corrected chi connectivity index (χ1v) is 5.47. The average molecular weight is 280 g/mol. The lowest BCUT2D eigenvalue weighted by atomic mass is 10.4. The molecule has 2 rings (SSSR count). The van der Waals surface area contributed by atoms with Gasteiger partial charge in [-0.2, -0.15) is 18.2 Å². The minimum absolute atomic E-state index is 0.0711. The molecule has 0 bridgehead atoms. The predicted molar refractivity (Wildman–Crippen MR) is 58.2 cm³/mol. The monoisotopic (exact) mass is 280 g/mol. The fourth-order valence-electron chi connectivity index (χ4n) is 1.43. The molecule has 0 spiro atoms. The maximum absolute atomic E-state index is 12.4. The first-order valence-electron chi connectivity index (χ1n) is 4.66. The molecule has 0 aliphatic heterocycles. The van der Waals surface area contributed by atoms with Crippen LogP contribution >= 0.6 is 11.3 Å². The molecule has 0 fully saturated rings. The molecular formula is C9H7F3N2O3S. The van der Waals surface area contributed by atoms with Gasteiger partial charge in [0.2, 0.25) is 0 Å². The van der Waals surface area contributed by atoms with Crippen LogP contribution in [0.2, 0.25) is 0 Å². The summed E-state index contributed by atoms with van der Waals surface area (Å²) in [5.74, 6) is -0.408. The van der Waals surface area contributed by atoms with Crippen LogP contribution in [0.3, 0.4) is 0 Å². The number of methoxy groups -OCH3 is 1. The highest BCUT2D eigenvalue weighted by atomic mass is 32.1. The summed E-state index contributed by atoms with van der Waals surface area (Å²) in [6.45, 7) is -1.46. The molecular weight excluding hydrogens is 273 g/mol. The Balaban J connectivity index is 2.71. The standard InChI is InChI=1S/C9H7F3N2O3S/c1-17-8-13-7-6(18-8)4(15)2-5(16)14(7)3-9(10,11)12/h2,15H,3H2,1H3. The Hall–Kier alpha value is -1.77. The molecule has 0 saturated carbocycles. The zero-order valence-electron chi connectivity index (χ0n) is 8.98. The number of aromatic hydroxyl groups is 1. The Morgan fingerprint density at radius 2 is 2.22 bits per heavy atom. The largest absolute Gasteiger partial charge is 0.506 e. The molecule has 2 aromatic heterocycles. The minimum Gasteiger partial charge on any atom is -0.506 e. The van der Waals surface area contributed by atoms with Crippen molar-refractivity contribution < 1.29 is 23.0 Å². The number of nitrogens with zero attached hydrogens (tertiary/aromatic N) is 2. The van der Waals surface area contributed by atoms with Crippen LogP contribution in [-0.2, 0) is 6.54 Å². The Morgan fingerprint density at radius 1 is 1.56 bits per heavy atom. The SMILES string of the molecule is COc1nc2c(s1)c(O)cc(=O)n2CC(F)(F)F. The molecule has 0 atom stereocenters. The van der Waals surface area contributed by atoms with Crippen molar-refractivity contribution in [3.8, 4) is 10.9 Å². The number of thiazole rings is 1. The molecule has 9 heteroatoms. The quantitative estimate of drug-likeness (QED) is 0.910. The highest BCUT2D eigenvalue weighted by molar-refractivity contribution is 7.20. The second-order valence-corrected chi connectivity index (χ2v) is 4.37. The fraction of sp³-hybridized carbons (Fsp3) is 0.333. The highest BCUT2D eigenvalue weighted by Gasteiger charge is 2.30. The van der Waals surface area contributed by atoms with Gasteiger partial charge in [0.25, 0.3) is 10.8 Å². The van der Waals surface area contributed by atoms with Gasteiger partial charge < -0.3 is 9.84 Å². The Bertz CT molecular complexity index is 647. The second-order valence-electron chi connectivity index (χ2n) is 3.41. The smallest absolute Gasteiger partial charge is 0.406 e. The molecule has 0 aromatic carbocycles. The third-order valence-corrected chi connectivity index (χ3v) is 3.14. The van der Waals surface area contributed by atoms with E-state index >= 15 is 0 Å². The number of aromatic nitrogens is 2. The Labute approximate surface area is 102 Å². The first-order chi connectivity index (χ1) is 8.31. The normalized spacial score (nSPS) is 12.0. The molecule has 1 N–H and O–H groups in total. The number of fused-ring (bicyclic) bond motifs is 1. The van der Waals surface area contributed by atoms with E-state index in [1.807, 2.05) is 0 Å². The maximum Gasteiger partial charge on any atom is 0.406 e. The molecule has 2 heterocycles. The van der Waals surface area contributed by atoms with Gasteiger partial charge in [-0.1, -0.05) is 11.3 Å². The van der Waals surface area contributed by atoms with Crippen molar-refractivity contribution in [2.45, 2.75) is 12.7 Å². The van der Waals surface area contributed by atoms with Crippen molar-refractivity contribution in [1.29, 1.82) is 0 Å². The summed E-state index contributed by atoms with van der Waals surface area (Å²) in [5, 5.41) is 9.58. The molecule has 0 radical (unpaired) electrons. The Morgan fingerprint density at radius 3 is 2.78 bits per heavy atom. The summed E-state index contributed by atoms with van der Waals surface area (Å²) in [6, 6.07) is 0.728. The van der Waals surface area contributed by atoms with Crippen molar-refractivity contribution in [3.63, 3.8) is 0 Å². The van der Waals surface area contributed by atoms with Gasteiger partial charge in [0.05, 0.1) is 7.11 Å². The van der Waals surface area contributed by atoms with Crippen molar-refractivity contribution in [3.05, 3.63) is 16.4 Å². The van der Waals surface area contributed by atoms with Crippen LogP contribution in [0.4, 0.5) is 13.2 Å². The first kappa shape index (κ1) is 12.7. The van der Waals surface area contributed by atoms with Crippen LogP contribution in [-0.4, -0.2) is 27.9 Å². The van der Waals surface area contributed by atoms with Gasteiger partial charge in [-0.25, -0.2) is 0 Å². The van der Waals surface area contributed by atoms with Crippen molar-refractivity contribution in [1.82, 2.24) is 9.55 Å². The lowest BCUT2D eigenvalue weighted by Gasteiger charge is -2.09. The molecule has 98 valence electrons. The van der Waals surface area contributed by atoms with Gasteiger partial charge in [0.15, 0.2) is 5.65 Å². The fourth-order valence-corrected chi connectivity index (χ4v) is 2.23. The van der Waals surface area contributed by atoms with E-state index in [0.717, 1.165) is 17.4 Å². The summed E-state index contributed by atoms with van der Waals surface area (Å²) in [4.78, 5) is 15.2. The van der Waals surface area contributed by atoms with E-state index in [1.165, 1.54) is 7.11 Å². The van der Waals surface area contributed by atoms with Crippen LogP contribution in [0.25, 0.3) is 10.3 Å². The second kappa shape index (κ2) is 4.16. The van der Waals surface area contributed by atoms with Crippen LogP contribution < -0.4 is 10.3 Å². The predicted octanol–water partition coefficient (Wildman–Crippen LogP) is 1.73. The summed E-state index contributed by atoms with van der Waals surface area (Å²) in [5.41, 5.74) is -1.20. The van der Waals surface area contributed by atoms with Crippen molar-refractivity contribution in [2.24, 2.45) is 0 Å². The van der Waals surface area contributed by atoms with Crippen molar-refractivity contribution >= 4 is 21.7 Å². The molecule has 0 amide bonds. The van der Waals surface area contributed by atoms with Crippen molar-refractivity contribution in [2.75, 3.05) is 7.11 Å². The van der Waals surface area contributed by atoms with Gasteiger partial charge in [-0.05, 0) is 0 Å². The van der Waals surface area contributed by atoms with Crippen LogP contribution in [0.5, 0.6) is 10.9 Å². The van der Waals surface area contributed by atoms with Crippen LogP contribution in [0.15, 0.2) is 10.9 Å². The van der Waals surface area contributed by atoms with Gasteiger partial charge >= 0.3 is 6.18 Å². The summed E-state index contributed by atoms with van der Waals surface area (Å²) in [7, 11) is 1.29. The van der Waals surface area contributed by atoms with E-state index in [4.69, 9.17) is 4.74 Å². The third-order valence-electron chi connectivity index (χ3n) is 2.12. The van der Waals surface area contributed by atoms with Gasteiger partial charge in [-0.3, -0.25) is 9.36 Å². The van der Waals surface area contributed by atoms with E-state index in [0.29, 0.717) is 4.57 Å². The maximum atomic E-state index is 12.4. The van der Waals surface area contributed by atoms with Crippen LogP contribution in [0.1, 0.15) is 0 Å². The summed E-state index contributed by atoms with van der Waals surface area (Å²) >= 11 is 0.862. The lowest BCUT2D eigenvalue weighted by molar-refractivity contribution is -0.140. The number of ether oxygens (including phenoxy) is 1. The van der Waals surface area contributed by atoms with E-state index in [2.05, 4.69) is 4.98 Å². The number of alkyl halides is 3. The number of pyridine rings is 1. The van der Waals surface area contributed by atoms with Gasteiger partial charge in [0.1, 0.15) is 17.0 Å². The third kappa shape index (κ3) is 2.26. The van der Waals surface area contributed by atoms with E-state index < -0.39 is 24.0 Å². The van der Waals surface area contributed by atoms with E-state index in [1.54, 1.807) is 0 Å². The molecule has 5 nitrogen and oxygen atoms in total. The number of hydrogen-bond donors (Lipinski definition) is 1. The molecule has 0 unspecified atom stereocenters. The highest BCUT2D eigenvalue weighted by Crippen LogP contribution is 2.33. The van der Waals surface area contributed by atoms with Gasteiger partial charge in [-0.15, -0.1) is 0 Å². The molecule has 18 heavy (non-hydrogen) atoms. The Kier molecular flexibility index (Phi) is 2.93. The summed E-state index contributed by atoms with van der Waals surface area (Å²) in [6.07, 6.45) is -4.55. The number of halogens is 3. The molecule has 2 aromatic rings. The van der Waals surface area contributed by atoms with Crippen LogP contribution in [0, 0.1) is 0 Å². The number of hydrogen-bond acceptors (Lipinski definition) is 5. The van der Waals surface area contributed by atoms with E-state index in [9.17, 15) is 23.1 Å². The topological polar surface area (TPSA) is 64.3 Å². The molecule has 0 aliphatic rings. The molecule has 0 saturated heterocycles. The minimum atomic E-state index is -4.55. The lowest BCUT2D eigenvalue weighted by Crippen LogP contribution is -2.27. The van der Waals surface area contributed by atoms with Gasteiger partial charge in [0, 0.05) is 6.07 Å². The zero-order chi connectivity index (χ0) is 13.5. The average Bonchev–Trinajstić information content (AvgIpc) is 2.67. The number of rotatable bonds is 2. The zero-order valence-corrected chi connectivity index (χ0v) is 9.80. The summed E-state index contributed by atoms with van der Waals surface area (Å²) < 4.78 is 42.4.